The Kier molecular flexibility index (Phi) is 1.67. The minimum Gasteiger partial charge on any atom is -0.305 e. The fourth-order valence-corrected chi connectivity index (χ4v) is 3.35. The van der Waals surface area contributed by atoms with Crippen LogP contribution in [0.4, 0.5) is 0 Å². The van der Waals surface area contributed by atoms with E-state index in [4.69, 9.17) is 0 Å². The molecule has 4 aromatic rings. The number of hydrogen-bond donors (Lipinski definition) is 0. The normalized spacial score (nSPS) is 13.1. The summed E-state index contributed by atoms with van der Waals surface area (Å²) in [7, 11) is 2.12. The van der Waals surface area contributed by atoms with Crippen LogP contribution in [0.3, 0.4) is 0 Å². The first kappa shape index (κ1) is 10.2. The molecule has 0 spiro atoms. The molecule has 96 valence electrons. The lowest BCUT2D eigenvalue weighted by Crippen LogP contribution is -2.29. The number of hydrogen-bond acceptors (Lipinski definition) is 1. The number of pyridine rings is 1. The van der Waals surface area contributed by atoms with E-state index in [-0.39, 0.29) is 0 Å². The fraction of sp³-hybridized carbons (Fsp3) is 0.125. The Labute approximate surface area is 115 Å². The van der Waals surface area contributed by atoms with Crippen molar-refractivity contribution >= 4 is 16.7 Å². The molecular formula is C16H13N4+. The molecule has 1 aliphatic heterocycles. The highest BCUT2D eigenvalue weighted by molar-refractivity contribution is 5.84. The molecule has 0 amide bonds. The van der Waals surface area contributed by atoms with Gasteiger partial charge in [0.15, 0.2) is 11.7 Å². The van der Waals surface area contributed by atoms with Gasteiger partial charge in [-0.2, -0.15) is 4.40 Å². The van der Waals surface area contributed by atoms with Crippen LogP contribution >= 0.6 is 0 Å². The smallest absolute Gasteiger partial charge is 0.298 e. The van der Waals surface area contributed by atoms with Crippen LogP contribution in [0.25, 0.3) is 28.1 Å². The minimum atomic E-state index is 0.863. The Hall–Kier alpha value is -2.62. The zero-order valence-corrected chi connectivity index (χ0v) is 11.1. The highest BCUT2D eigenvalue weighted by Gasteiger charge is 2.33. The van der Waals surface area contributed by atoms with Crippen molar-refractivity contribution in [1.82, 2.24) is 14.0 Å². The van der Waals surface area contributed by atoms with Crippen LogP contribution in [0.5, 0.6) is 0 Å². The van der Waals surface area contributed by atoms with Crippen molar-refractivity contribution in [2.75, 3.05) is 0 Å². The van der Waals surface area contributed by atoms with Gasteiger partial charge in [0.1, 0.15) is 6.54 Å². The summed E-state index contributed by atoms with van der Waals surface area (Å²) in [6.07, 6.45) is 4.09. The lowest BCUT2D eigenvalue weighted by Gasteiger charge is -1.92. The molecule has 0 saturated carbocycles. The molecule has 0 atom stereocenters. The summed E-state index contributed by atoms with van der Waals surface area (Å²) in [6.45, 7) is 0.863. The molecule has 4 nitrogen and oxygen atoms in total. The van der Waals surface area contributed by atoms with E-state index in [9.17, 15) is 0 Å². The number of aromatic nitrogens is 4. The molecular weight excluding hydrogens is 248 g/mol. The first-order valence-electron chi connectivity index (χ1n) is 6.77. The number of benzene rings is 1. The highest BCUT2D eigenvalue weighted by Crippen LogP contribution is 2.30. The van der Waals surface area contributed by atoms with E-state index >= 15 is 0 Å². The molecule has 4 heteroatoms. The first-order chi connectivity index (χ1) is 9.84. The summed E-state index contributed by atoms with van der Waals surface area (Å²) in [4.78, 5) is 4.50. The second-order valence-electron chi connectivity index (χ2n) is 5.32. The highest BCUT2D eigenvalue weighted by atomic mass is 15.2. The van der Waals surface area contributed by atoms with Gasteiger partial charge in [-0.05, 0) is 24.3 Å². The van der Waals surface area contributed by atoms with Gasteiger partial charge in [0, 0.05) is 13.2 Å². The van der Waals surface area contributed by atoms with Crippen LogP contribution in [0.15, 0.2) is 48.8 Å². The first-order valence-corrected chi connectivity index (χ1v) is 6.77. The average molecular weight is 261 g/mol. The standard InChI is InChI=1S/C16H13N4/c1-18-13-6-2-3-7-14(13)20-15(18)10-19-9-12-11(16(19)20)5-4-8-17-12/h2-8,10H,9H2,1H3/q+1. The molecule has 0 unspecified atom stereocenters. The third-order valence-electron chi connectivity index (χ3n) is 4.26. The van der Waals surface area contributed by atoms with Gasteiger partial charge in [0.25, 0.3) is 5.82 Å². The number of aryl methyl sites for hydroxylation is 1. The van der Waals surface area contributed by atoms with Gasteiger partial charge in [-0.15, -0.1) is 0 Å². The van der Waals surface area contributed by atoms with E-state index in [1.807, 2.05) is 12.3 Å². The van der Waals surface area contributed by atoms with Crippen molar-refractivity contribution < 1.29 is 4.57 Å². The topological polar surface area (TPSA) is 26.1 Å². The summed E-state index contributed by atoms with van der Waals surface area (Å²) >= 11 is 0. The largest absolute Gasteiger partial charge is 0.305 e. The van der Waals surface area contributed by atoms with Crippen molar-refractivity contribution in [3.63, 3.8) is 0 Å². The molecule has 0 saturated heterocycles. The molecule has 5 rings (SSSR count). The SMILES string of the molecule is Cn1c2ccccc2n2c3[n+](cc12)Cc1ncccc1-3. The Bertz CT molecular complexity index is 990. The second-order valence-corrected chi connectivity index (χ2v) is 5.32. The van der Waals surface area contributed by atoms with Crippen LogP contribution in [0.1, 0.15) is 5.69 Å². The lowest BCUT2D eigenvalue weighted by atomic mass is 10.2. The summed E-state index contributed by atoms with van der Waals surface area (Å²) in [6, 6.07) is 12.7. The maximum Gasteiger partial charge on any atom is 0.298 e. The van der Waals surface area contributed by atoms with Gasteiger partial charge in [-0.3, -0.25) is 4.98 Å². The molecule has 20 heavy (non-hydrogen) atoms. The van der Waals surface area contributed by atoms with Crippen LogP contribution in [0, 0.1) is 0 Å². The minimum absolute atomic E-state index is 0.863. The Morgan fingerprint density at radius 3 is 2.85 bits per heavy atom. The molecule has 0 aliphatic carbocycles. The third kappa shape index (κ3) is 1.04. The van der Waals surface area contributed by atoms with E-state index in [1.54, 1.807) is 0 Å². The second kappa shape index (κ2) is 3.28. The van der Waals surface area contributed by atoms with Gasteiger partial charge in [-0.25, -0.2) is 4.57 Å². The summed E-state index contributed by atoms with van der Waals surface area (Å²) < 4.78 is 6.87. The van der Waals surface area contributed by atoms with Crippen LogP contribution in [-0.4, -0.2) is 14.0 Å². The van der Waals surface area contributed by atoms with Crippen molar-refractivity contribution in [1.29, 1.82) is 0 Å². The molecule has 0 N–H and O–H groups in total. The maximum atomic E-state index is 4.50. The number of fused-ring (bicyclic) bond motifs is 7. The van der Waals surface area contributed by atoms with Gasteiger partial charge in [0.05, 0.1) is 16.8 Å². The average Bonchev–Trinajstić information content (AvgIpc) is 3.08. The number of nitrogens with zero attached hydrogens (tertiary/aromatic N) is 4. The summed E-state index contributed by atoms with van der Waals surface area (Å²) in [5.41, 5.74) is 6.11. The zero-order valence-electron chi connectivity index (χ0n) is 11.1. The molecule has 0 radical (unpaired) electrons. The molecule has 1 aliphatic rings. The maximum absolute atomic E-state index is 4.50. The Morgan fingerprint density at radius 2 is 1.95 bits per heavy atom. The summed E-state index contributed by atoms with van der Waals surface area (Å²) in [5, 5.41) is 0. The fourth-order valence-electron chi connectivity index (χ4n) is 3.35. The molecule has 1 aromatic carbocycles. The zero-order chi connectivity index (χ0) is 13.3. The monoisotopic (exact) mass is 261 g/mol. The molecule has 0 bridgehead atoms. The Morgan fingerprint density at radius 1 is 1.10 bits per heavy atom. The number of para-hydroxylation sites is 2. The van der Waals surface area contributed by atoms with Crippen molar-refractivity contribution in [3.05, 3.63) is 54.5 Å². The van der Waals surface area contributed by atoms with Crippen LogP contribution in [0.2, 0.25) is 0 Å². The van der Waals surface area contributed by atoms with E-state index in [0.717, 1.165) is 12.2 Å². The molecule has 0 fully saturated rings. The van der Waals surface area contributed by atoms with Gasteiger partial charge < -0.3 is 4.57 Å². The van der Waals surface area contributed by atoms with Crippen molar-refractivity contribution in [3.8, 4) is 11.4 Å². The quantitative estimate of drug-likeness (QED) is 0.392. The predicted octanol–water partition coefficient (Wildman–Crippen LogP) is 2.14. The van der Waals surface area contributed by atoms with E-state index in [0.29, 0.717) is 0 Å². The number of imidazole rings is 2. The number of rotatable bonds is 0. The van der Waals surface area contributed by atoms with Gasteiger partial charge in [-0.1, -0.05) is 12.1 Å². The Balaban J connectivity index is 2.03. The molecule has 3 aromatic heterocycles. The van der Waals surface area contributed by atoms with Gasteiger partial charge >= 0.3 is 0 Å². The third-order valence-corrected chi connectivity index (χ3v) is 4.26. The summed E-state index contributed by atoms with van der Waals surface area (Å²) in [5.74, 6) is 1.24. The van der Waals surface area contributed by atoms with E-state index in [2.05, 4.69) is 62.1 Å². The predicted molar refractivity (Wildman–Crippen MR) is 76.4 cm³/mol. The van der Waals surface area contributed by atoms with E-state index < -0.39 is 0 Å². The van der Waals surface area contributed by atoms with Crippen molar-refractivity contribution in [2.45, 2.75) is 6.54 Å². The van der Waals surface area contributed by atoms with Crippen molar-refractivity contribution in [2.24, 2.45) is 7.05 Å². The van der Waals surface area contributed by atoms with Crippen LogP contribution < -0.4 is 4.57 Å². The molecule has 4 heterocycles. The van der Waals surface area contributed by atoms with E-state index in [1.165, 1.54) is 28.1 Å². The van der Waals surface area contributed by atoms with Gasteiger partial charge in [0.2, 0.25) is 5.65 Å². The van der Waals surface area contributed by atoms with Crippen LogP contribution in [-0.2, 0) is 13.6 Å². The lowest BCUT2D eigenvalue weighted by molar-refractivity contribution is -0.670.